The van der Waals surface area contributed by atoms with Gasteiger partial charge < -0.3 is 5.32 Å². The van der Waals surface area contributed by atoms with Gasteiger partial charge in [-0.3, -0.25) is 0 Å². The molecule has 1 N–H and O–H groups in total. The van der Waals surface area contributed by atoms with Crippen LogP contribution in [0.25, 0.3) is 0 Å². The van der Waals surface area contributed by atoms with Gasteiger partial charge in [-0.2, -0.15) is 4.31 Å². The zero-order valence-electron chi connectivity index (χ0n) is 12.9. The average molecular weight is 319 g/mol. The van der Waals surface area contributed by atoms with E-state index in [1.807, 2.05) is 26.8 Å². The Hall–Kier alpha value is -0.430. The smallest absolute Gasteiger partial charge is 0.244 e. The van der Waals surface area contributed by atoms with E-state index >= 15 is 0 Å². The van der Waals surface area contributed by atoms with Crippen LogP contribution in [0.5, 0.6) is 0 Å². The van der Waals surface area contributed by atoms with Crippen LogP contribution in [0.1, 0.15) is 43.4 Å². The fourth-order valence-electron chi connectivity index (χ4n) is 2.04. The zero-order valence-corrected chi connectivity index (χ0v) is 14.5. The van der Waals surface area contributed by atoms with Crippen molar-refractivity contribution in [2.24, 2.45) is 0 Å². The van der Waals surface area contributed by atoms with Crippen LogP contribution in [0.2, 0.25) is 0 Å². The number of thiophene rings is 1. The molecule has 0 saturated heterocycles. The van der Waals surface area contributed by atoms with Gasteiger partial charge in [0.15, 0.2) is 0 Å². The van der Waals surface area contributed by atoms with E-state index in [9.17, 15) is 8.42 Å². The molecule has 0 unspecified atom stereocenters. The molecule has 20 heavy (non-hydrogen) atoms. The largest absolute Gasteiger partial charge is 0.312 e. The number of hydrogen-bond acceptors (Lipinski definition) is 4. The first-order valence-corrected chi connectivity index (χ1v) is 9.53. The van der Waals surface area contributed by atoms with Crippen LogP contribution in [0.3, 0.4) is 0 Å². The first kappa shape index (κ1) is 17.6. The van der Waals surface area contributed by atoms with E-state index in [0.717, 1.165) is 35.7 Å². The molecule has 1 aromatic heterocycles. The van der Waals surface area contributed by atoms with Crippen molar-refractivity contribution < 1.29 is 8.42 Å². The molecule has 0 aromatic carbocycles. The summed E-state index contributed by atoms with van der Waals surface area (Å²) in [5.74, 6) is 0. The van der Waals surface area contributed by atoms with Gasteiger partial charge in [-0.15, -0.1) is 11.3 Å². The summed E-state index contributed by atoms with van der Waals surface area (Å²) in [4.78, 5) is 2.44. The van der Waals surface area contributed by atoms with Crippen molar-refractivity contribution in [3.63, 3.8) is 0 Å². The molecule has 0 fully saturated rings. The third kappa shape index (κ3) is 4.28. The average Bonchev–Trinajstić information content (AvgIpc) is 2.79. The lowest BCUT2D eigenvalue weighted by Gasteiger charge is -2.20. The van der Waals surface area contributed by atoms with Crippen LogP contribution >= 0.6 is 11.3 Å². The van der Waals surface area contributed by atoms with Crippen molar-refractivity contribution in [3.8, 4) is 0 Å². The van der Waals surface area contributed by atoms with Crippen molar-refractivity contribution in [1.82, 2.24) is 9.62 Å². The standard InChI is InChI=1S/C14H26N2O2S2/c1-5-8-9-16(7-3)20(17,18)14-10-13(11-15-6-2)19-12(14)4/h10,15H,5-9,11H2,1-4H3. The summed E-state index contributed by atoms with van der Waals surface area (Å²) in [7, 11) is -3.34. The fourth-order valence-corrected chi connectivity index (χ4v) is 5.10. The lowest BCUT2D eigenvalue weighted by molar-refractivity contribution is 0.419. The van der Waals surface area contributed by atoms with Gasteiger partial charge >= 0.3 is 0 Å². The van der Waals surface area contributed by atoms with Crippen molar-refractivity contribution in [2.75, 3.05) is 19.6 Å². The molecule has 0 amide bonds. The summed E-state index contributed by atoms with van der Waals surface area (Å²) in [5, 5.41) is 3.24. The van der Waals surface area contributed by atoms with Gasteiger partial charge in [-0.25, -0.2) is 8.42 Å². The van der Waals surface area contributed by atoms with Gasteiger partial charge in [0.05, 0.1) is 4.90 Å². The predicted octanol–water partition coefficient (Wildman–Crippen LogP) is 2.98. The highest BCUT2D eigenvalue weighted by Gasteiger charge is 2.26. The first-order valence-electron chi connectivity index (χ1n) is 7.27. The van der Waals surface area contributed by atoms with E-state index in [-0.39, 0.29) is 0 Å². The molecular formula is C14H26N2O2S2. The molecule has 0 saturated carbocycles. The molecule has 0 radical (unpaired) electrons. The maximum absolute atomic E-state index is 12.7. The number of nitrogens with one attached hydrogen (secondary N) is 1. The maximum Gasteiger partial charge on any atom is 0.244 e. The Morgan fingerprint density at radius 3 is 2.55 bits per heavy atom. The second kappa shape index (κ2) is 8.12. The minimum absolute atomic E-state index is 0.480. The van der Waals surface area contributed by atoms with Crippen molar-refractivity contribution in [2.45, 2.75) is 52.0 Å². The Morgan fingerprint density at radius 1 is 1.30 bits per heavy atom. The predicted molar refractivity (Wildman–Crippen MR) is 85.8 cm³/mol. The van der Waals surface area contributed by atoms with Gasteiger partial charge in [0.1, 0.15) is 0 Å². The molecule has 6 heteroatoms. The normalized spacial score (nSPS) is 12.2. The van der Waals surface area contributed by atoms with Crippen molar-refractivity contribution in [3.05, 3.63) is 15.8 Å². The topological polar surface area (TPSA) is 49.4 Å². The summed E-state index contributed by atoms with van der Waals surface area (Å²) in [6, 6.07) is 1.83. The number of sulfonamides is 1. The Balaban J connectivity index is 2.98. The van der Waals surface area contributed by atoms with E-state index < -0.39 is 10.0 Å². The van der Waals surface area contributed by atoms with Gasteiger partial charge in [0, 0.05) is 29.4 Å². The fraction of sp³-hybridized carbons (Fsp3) is 0.714. The number of rotatable bonds is 9. The molecule has 1 rings (SSSR count). The van der Waals surface area contributed by atoms with E-state index in [0.29, 0.717) is 18.0 Å². The number of unbranched alkanes of at least 4 members (excludes halogenated alkanes) is 1. The van der Waals surface area contributed by atoms with Crippen molar-refractivity contribution >= 4 is 21.4 Å². The number of aryl methyl sites for hydroxylation is 1. The summed E-state index contributed by atoms with van der Waals surface area (Å²) in [6.07, 6.45) is 1.90. The maximum atomic E-state index is 12.7. The lowest BCUT2D eigenvalue weighted by atomic mass is 10.3. The molecule has 0 aliphatic rings. The molecule has 116 valence electrons. The molecule has 0 bridgehead atoms. The van der Waals surface area contributed by atoms with Crippen LogP contribution in [0.4, 0.5) is 0 Å². The second-order valence-electron chi connectivity index (χ2n) is 4.76. The van der Waals surface area contributed by atoms with E-state index in [4.69, 9.17) is 0 Å². The second-order valence-corrected chi connectivity index (χ2v) is 8.01. The number of nitrogens with zero attached hydrogens (tertiary/aromatic N) is 1. The zero-order chi connectivity index (χ0) is 15.2. The van der Waals surface area contributed by atoms with Gasteiger partial charge in [-0.1, -0.05) is 27.2 Å². The highest BCUT2D eigenvalue weighted by Crippen LogP contribution is 2.28. The third-order valence-electron chi connectivity index (χ3n) is 3.20. The monoisotopic (exact) mass is 318 g/mol. The minimum atomic E-state index is -3.34. The third-order valence-corrected chi connectivity index (χ3v) is 6.48. The van der Waals surface area contributed by atoms with Gasteiger partial charge in [-0.05, 0) is 26.0 Å². The first-order chi connectivity index (χ1) is 9.47. The SMILES string of the molecule is CCCCN(CC)S(=O)(=O)c1cc(CNCC)sc1C. The van der Waals surface area contributed by atoms with E-state index in [1.165, 1.54) is 0 Å². The number of hydrogen-bond donors (Lipinski definition) is 1. The Kier molecular flexibility index (Phi) is 7.15. The van der Waals surface area contributed by atoms with Crippen molar-refractivity contribution in [1.29, 1.82) is 0 Å². The molecular weight excluding hydrogens is 292 g/mol. The van der Waals surface area contributed by atoms with Crippen LogP contribution in [-0.2, 0) is 16.6 Å². The Labute approximate surface area is 127 Å². The lowest BCUT2D eigenvalue weighted by Crippen LogP contribution is -2.32. The minimum Gasteiger partial charge on any atom is -0.312 e. The quantitative estimate of drug-likeness (QED) is 0.761. The van der Waals surface area contributed by atoms with Crippen LogP contribution in [-0.4, -0.2) is 32.4 Å². The molecule has 0 aliphatic heterocycles. The molecule has 0 spiro atoms. The molecule has 1 aromatic rings. The van der Waals surface area contributed by atoms with Crippen LogP contribution < -0.4 is 5.32 Å². The van der Waals surface area contributed by atoms with Crippen LogP contribution in [0.15, 0.2) is 11.0 Å². The van der Waals surface area contributed by atoms with E-state index in [2.05, 4.69) is 12.2 Å². The molecule has 0 atom stereocenters. The Bertz CT molecular complexity index is 509. The van der Waals surface area contributed by atoms with E-state index in [1.54, 1.807) is 15.6 Å². The summed E-state index contributed by atoms with van der Waals surface area (Å²) in [6.45, 7) is 10.7. The van der Waals surface area contributed by atoms with Crippen LogP contribution in [0, 0.1) is 6.92 Å². The highest BCUT2D eigenvalue weighted by molar-refractivity contribution is 7.89. The van der Waals surface area contributed by atoms with Gasteiger partial charge in [0.25, 0.3) is 0 Å². The summed E-state index contributed by atoms with van der Waals surface area (Å²) < 4.78 is 27.0. The highest BCUT2D eigenvalue weighted by atomic mass is 32.2. The van der Waals surface area contributed by atoms with Gasteiger partial charge in [0.2, 0.25) is 10.0 Å². The molecule has 1 heterocycles. The molecule has 4 nitrogen and oxygen atoms in total. The summed E-state index contributed by atoms with van der Waals surface area (Å²) in [5.41, 5.74) is 0. The Morgan fingerprint density at radius 2 is 2.00 bits per heavy atom. The summed E-state index contributed by atoms with van der Waals surface area (Å²) >= 11 is 1.56. The molecule has 0 aliphatic carbocycles.